The molecule has 6 nitrogen and oxygen atoms in total. The Hall–Kier alpha value is -3.15. The van der Waals surface area contributed by atoms with Crippen LogP contribution in [-0.2, 0) is 4.84 Å². The minimum Gasteiger partial charge on any atom is -0.478 e. The molecule has 2 aromatic carbocycles. The fraction of sp³-hybridized carbons (Fsp3) is 0. The van der Waals surface area contributed by atoms with Crippen molar-refractivity contribution in [3.05, 3.63) is 71.3 Å². The summed E-state index contributed by atoms with van der Waals surface area (Å²) in [4.78, 5) is 27.3. The van der Waals surface area contributed by atoms with Crippen LogP contribution in [-0.4, -0.2) is 22.9 Å². The summed E-state index contributed by atoms with van der Waals surface area (Å²) in [5.74, 6) is -1.80. The molecule has 0 aliphatic rings. The summed E-state index contributed by atoms with van der Waals surface area (Å²) in [6.45, 7) is 0. The molecule has 6 heteroatoms. The molecular weight excluding hydrogens is 272 g/mol. The van der Waals surface area contributed by atoms with Crippen molar-refractivity contribution in [1.29, 1.82) is 0 Å². The molecule has 0 heterocycles. The van der Waals surface area contributed by atoms with Gasteiger partial charge in [-0.1, -0.05) is 35.5 Å². The molecule has 0 radical (unpaired) electrons. The van der Waals surface area contributed by atoms with E-state index in [1.165, 1.54) is 18.2 Å². The van der Waals surface area contributed by atoms with Gasteiger partial charge >= 0.3 is 11.9 Å². The van der Waals surface area contributed by atoms with Crippen molar-refractivity contribution in [3.8, 4) is 0 Å². The maximum atomic E-state index is 11.7. The predicted molar refractivity (Wildman–Crippen MR) is 76.0 cm³/mol. The third-order valence-electron chi connectivity index (χ3n) is 2.64. The van der Waals surface area contributed by atoms with Crippen LogP contribution < -0.4 is 5.73 Å². The lowest BCUT2D eigenvalue weighted by Crippen LogP contribution is -2.16. The molecule has 0 saturated carbocycles. The van der Waals surface area contributed by atoms with Gasteiger partial charge in [0.15, 0.2) is 5.84 Å². The highest BCUT2D eigenvalue weighted by molar-refractivity contribution is 6.00. The number of oxime groups is 1. The molecule has 0 fully saturated rings. The second-order valence-corrected chi connectivity index (χ2v) is 4.11. The number of nitrogens with two attached hydrogens (primary N) is 1. The number of carboxylic acids is 1. The summed E-state index contributed by atoms with van der Waals surface area (Å²) in [6, 6.07) is 14.2. The van der Waals surface area contributed by atoms with Crippen LogP contribution in [0.1, 0.15) is 26.3 Å². The van der Waals surface area contributed by atoms with Crippen LogP contribution in [0, 0.1) is 0 Å². The van der Waals surface area contributed by atoms with Gasteiger partial charge in [-0.2, -0.15) is 0 Å². The van der Waals surface area contributed by atoms with Gasteiger partial charge in [-0.15, -0.1) is 0 Å². The van der Waals surface area contributed by atoms with Crippen molar-refractivity contribution in [2.75, 3.05) is 0 Å². The fourth-order valence-electron chi connectivity index (χ4n) is 1.58. The van der Waals surface area contributed by atoms with Crippen molar-refractivity contribution < 1.29 is 19.5 Å². The van der Waals surface area contributed by atoms with Crippen molar-refractivity contribution >= 4 is 17.8 Å². The Morgan fingerprint density at radius 3 is 2.24 bits per heavy atom. The summed E-state index contributed by atoms with van der Waals surface area (Å²) in [6.07, 6.45) is 0. The zero-order valence-electron chi connectivity index (χ0n) is 10.9. The van der Waals surface area contributed by atoms with Crippen molar-refractivity contribution in [1.82, 2.24) is 0 Å². The summed E-state index contributed by atoms with van der Waals surface area (Å²) >= 11 is 0. The number of carbonyl (C=O) groups is 2. The Kier molecular flexibility index (Phi) is 4.30. The highest BCUT2D eigenvalue weighted by Gasteiger charge is 2.08. The lowest BCUT2D eigenvalue weighted by atomic mass is 10.1. The van der Waals surface area contributed by atoms with Crippen LogP contribution in [0.25, 0.3) is 0 Å². The Morgan fingerprint density at radius 2 is 1.57 bits per heavy atom. The molecule has 0 spiro atoms. The molecule has 3 N–H and O–H groups in total. The second-order valence-electron chi connectivity index (χ2n) is 4.11. The average molecular weight is 284 g/mol. The van der Waals surface area contributed by atoms with Gasteiger partial charge in [0.25, 0.3) is 0 Å². The summed E-state index contributed by atoms with van der Waals surface area (Å²) in [5, 5.41) is 12.4. The molecule has 0 aromatic heterocycles. The predicted octanol–water partition coefficient (Wildman–Crippen LogP) is 1.86. The van der Waals surface area contributed by atoms with E-state index in [1.54, 1.807) is 36.4 Å². The van der Waals surface area contributed by atoms with E-state index < -0.39 is 11.9 Å². The van der Waals surface area contributed by atoms with Gasteiger partial charge in [0.05, 0.1) is 11.1 Å². The SMILES string of the molecule is N/C(=N\OC(=O)c1ccccc1)c1cccc(C(=O)O)c1. The number of hydrogen-bond acceptors (Lipinski definition) is 4. The molecule has 106 valence electrons. The molecule has 0 amide bonds. The van der Waals surface area contributed by atoms with E-state index in [9.17, 15) is 9.59 Å². The van der Waals surface area contributed by atoms with Crippen molar-refractivity contribution in [3.63, 3.8) is 0 Å². The van der Waals surface area contributed by atoms with E-state index in [2.05, 4.69) is 5.16 Å². The normalized spacial score (nSPS) is 11.0. The average Bonchev–Trinajstić information content (AvgIpc) is 2.53. The molecular formula is C15H12N2O4. The number of amidine groups is 1. The van der Waals surface area contributed by atoms with E-state index in [4.69, 9.17) is 15.7 Å². The third-order valence-corrected chi connectivity index (χ3v) is 2.64. The van der Waals surface area contributed by atoms with E-state index in [0.717, 1.165) is 0 Å². The number of carboxylic acid groups (broad SMARTS) is 1. The molecule has 0 atom stereocenters. The first-order valence-corrected chi connectivity index (χ1v) is 6.01. The van der Waals surface area contributed by atoms with Gasteiger partial charge in [0.2, 0.25) is 0 Å². The smallest absolute Gasteiger partial charge is 0.365 e. The van der Waals surface area contributed by atoms with E-state index in [-0.39, 0.29) is 11.4 Å². The Bertz CT molecular complexity index is 696. The highest BCUT2D eigenvalue weighted by Crippen LogP contribution is 2.06. The van der Waals surface area contributed by atoms with Crippen LogP contribution in [0.15, 0.2) is 59.8 Å². The standard InChI is InChI=1S/C15H12N2O4/c16-13(11-7-4-8-12(9-11)14(18)19)17-21-15(20)10-5-2-1-3-6-10/h1-9H,(H2,16,17)(H,18,19). The van der Waals surface area contributed by atoms with Gasteiger partial charge in [-0.3, -0.25) is 0 Å². The quantitative estimate of drug-likeness (QED) is 0.386. The molecule has 2 aromatic rings. The van der Waals surface area contributed by atoms with Crippen molar-refractivity contribution in [2.45, 2.75) is 0 Å². The van der Waals surface area contributed by atoms with Crippen LogP contribution in [0.3, 0.4) is 0 Å². The van der Waals surface area contributed by atoms with Gasteiger partial charge in [-0.05, 0) is 24.3 Å². The molecule has 0 saturated heterocycles. The zero-order chi connectivity index (χ0) is 15.2. The number of carbonyl (C=O) groups excluding carboxylic acids is 1. The lowest BCUT2D eigenvalue weighted by Gasteiger charge is -2.02. The number of benzene rings is 2. The zero-order valence-corrected chi connectivity index (χ0v) is 10.9. The largest absolute Gasteiger partial charge is 0.478 e. The minimum absolute atomic E-state index is 0.0695. The van der Waals surface area contributed by atoms with Gasteiger partial charge in [0.1, 0.15) is 0 Å². The monoisotopic (exact) mass is 284 g/mol. The van der Waals surface area contributed by atoms with Gasteiger partial charge in [0, 0.05) is 5.56 Å². The molecule has 21 heavy (non-hydrogen) atoms. The van der Waals surface area contributed by atoms with Crippen LogP contribution in [0.2, 0.25) is 0 Å². The first-order chi connectivity index (χ1) is 10.1. The molecule has 0 aliphatic heterocycles. The van der Waals surface area contributed by atoms with Crippen LogP contribution >= 0.6 is 0 Å². The Morgan fingerprint density at radius 1 is 0.952 bits per heavy atom. The Labute approximate surface area is 120 Å². The molecule has 0 bridgehead atoms. The maximum absolute atomic E-state index is 11.7. The minimum atomic E-state index is -1.08. The van der Waals surface area contributed by atoms with Gasteiger partial charge in [-0.25, -0.2) is 9.59 Å². The number of aromatic carboxylic acids is 1. The fourth-order valence-corrected chi connectivity index (χ4v) is 1.58. The van der Waals surface area contributed by atoms with E-state index in [1.807, 2.05) is 0 Å². The van der Waals surface area contributed by atoms with Crippen LogP contribution in [0.4, 0.5) is 0 Å². The van der Waals surface area contributed by atoms with Gasteiger partial charge < -0.3 is 15.7 Å². The number of hydrogen-bond donors (Lipinski definition) is 2. The first kappa shape index (κ1) is 14.3. The highest BCUT2D eigenvalue weighted by atomic mass is 16.7. The lowest BCUT2D eigenvalue weighted by molar-refractivity contribution is 0.0515. The number of rotatable bonds is 4. The van der Waals surface area contributed by atoms with Crippen molar-refractivity contribution in [2.24, 2.45) is 10.9 Å². The first-order valence-electron chi connectivity index (χ1n) is 6.01. The third kappa shape index (κ3) is 3.66. The molecule has 0 aliphatic carbocycles. The maximum Gasteiger partial charge on any atom is 0.365 e. The Balaban J connectivity index is 2.13. The van der Waals surface area contributed by atoms with E-state index >= 15 is 0 Å². The summed E-state index contributed by atoms with van der Waals surface area (Å²) in [5.41, 5.74) is 6.44. The van der Waals surface area contributed by atoms with Crippen LogP contribution in [0.5, 0.6) is 0 Å². The second kappa shape index (κ2) is 6.33. The van der Waals surface area contributed by atoms with E-state index in [0.29, 0.717) is 11.1 Å². The summed E-state index contributed by atoms with van der Waals surface area (Å²) in [7, 11) is 0. The summed E-state index contributed by atoms with van der Waals surface area (Å²) < 4.78 is 0. The molecule has 0 unspecified atom stereocenters. The molecule has 2 rings (SSSR count). The topological polar surface area (TPSA) is 102 Å². The number of nitrogens with zero attached hydrogens (tertiary/aromatic N) is 1.